The molecule has 0 fully saturated rings. The Balaban J connectivity index is 2.24. The molecule has 7 nitrogen and oxygen atoms in total. The van der Waals surface area contributed by atoms with Gasteiger partial charge in [0.2, 0.25) is 0 Å². The molecule has 110 valence electrons. The Bertz CT molecular complexity index is 634. The van der Waals surface area contributed by atoms with E-state index in [9.17, 15) is 13.2 Å². The van der Waals surface area contributed by atoms with Gasteiger partial charge in [-0.15, -0.1) is 0 Å². The minimum Gasteiger partial charge on any atom is -0.482 e. The van der Waals surface area contributed by atoms with Crippen molar-refractivity contribution in [3.8, 4) is 5.75 Å². The number of nitrogens with one attached hydrogen (secondary N) is 2. The van der Waals surface area contributed by atoms with Crippen molar-refractivity contribution in [2.75, 3.05) is 11.9 Å². The lowest BCUT2D eigenvalue weighted by Crippen LogP contribution is -2.33. The third-order valence-electron chi connectivity index (χ3n) is 2.35. The molecule has 0 atom stereocenters. The molecule has 0 spiro atoms. The van der Waals surface area contributed by atoms with Gasteiger partial charge in [-0.25, -0.2) is 8.42 Å². The molecule has 0 unspecified atom stereocenters. The number of benzene rings is 1. The minimum atomic E-state index is -3.82. The first kappa shape index (κ1) is 14.8. The van der Waals surface area contributed by atoms with Crippen LogP contribution in [0.4, 0.5) is 5.69 Å². The van der Waals surface area contributed by atoms with Gasteiger partial charge in [0, 0.05) is 0 Å². The zero-order chi connectivity index (χ0) is 15.0. The number of rotatable bonds is 3. The van der Waals surface area contributed by atoms with Gasteiger partial charge >= 0.3 is 0 Å². The van der Waals surface area contributed by atoms with Gasteiger partial charge < -0.3 is 10.1 Å². The Labute approximate surface area is 117 Å². The molecule has 0 aliphatic carbocycles. The number of hydrogen-bond donors (Lipinski definition) is 2. The summed E-state index contributed by atoms with van der Waals surface area (Å²) in [5.74, 6) is 0.103. The monoisotopic (exact) mass is 300 g/mol. The maximum absolute atomic E-state index is 12.1. The highest BCUT2D eigenvalue weighted by molar-refractivity contribution is 7.89. The predicted molar refractivity (Wildman–Crippen MR) is 71.7 cm³/mol. The average molecular weight is 300 g/mol. The van der Waals surface area contributed by atoms with E-state index in [0.717, 1.165) is 0 Å². The van der Waals surface area contributed by atoms with Crippen LogP contribution in [0.1, 0.15) is 20.8 Å². The summed E-state index contributed by atoms with van der Waals surface area (Å²) in [5, 5.41) is 2.55. The van der Waals surface area contributed by atoms with Crippen molar-refractivity contribution in [3.05, 3.63) is 18.2 Å². The standard InChI is InChI=1S/C12H16N2O5S/c1-12(2,3)19-14-20(16,17)8-4-5-10-9(6-8)13-11(15)7-18-10/h4-6,14H,7H2,1-3H3,(H,13,15). The van der Waals surface area contributed by atoms with Gasteiger partial charge in [-0.2, -0.15) is 0 Å². The lowest BCUT2D eigenvalue weighted by atomic mass is 10.2. The molecule has 1 heterocycles. The van der Waals surface area contributed by atoms with Crippen LogP contribution in [-0.2, 0) is 19.7 Å². The molecular weight excluding hydrogens is 284 g/mol. The fourth-order valence-corrected chi connectivity index (χ4v) is 2.43. The first-order chi connectivity index (χ1) is 9.17. The Kier molecular flexibility index (Phi) is 3.72. The molecule has 1 aromatic carbocycles. The molecule has 0 saturated carbocycles. The molecule has 0 saturated heterocycles. The van der Waals surface area contributed by atoms with Crippen molar-refractivity contribution in [2.45, 2.75) is 31.3 Å². The van der Waals surface area contributed by atoms with Crippen LogP contribution in [-0.4, -0.2) is 26.5 Å². The van der Waals surface area contributed by atoms with E-state index >= 15 is 0 Å². The highest BCUT2D eigenvalue weighted by Gasteiger charge is 2.23. The Morgan fingerprint density at radius 1 is 1.35 bits per heavy atom. The molecule has 2 N–H and O–H groups in total. The van der Waals surface area contributed by atoms with Crippen molar-refractivity contribution in [1.82, 2.24) is 4.89 Å². The van der Waals surface area contributed by atoms with E-state index in [-0.39, 0.29) is 17.4 Å². The largest absolute Gasteiger partial charge is 0.482 e. The van der Waals surface area contributed by atoms with Crippen molar-refractivity contribution < 1.29 is 22.8 Å². The van der Waals surface area contributed by atoms with E-state index in [2.05, 4.69) is 10.2 Å². The molecule has 2 rings (SSSR count). The third kappa shape index (κ3) is 3.47. The number of amides is 1. The van der Waals surface area contributed by atoms with E-state index in [0.29, 0.717) is 11.4 Å². The number of sulfonamides is 1. The molecule has 8 heteroatoms. The van der Waals surface area contributed by atoms with Crippen LogP contribution in [0.5, 0.6) is 5.75 Å². The summed E-state index contributed by atoms with van der Waals surface area (Å²) in [7, 11) is -3.82. The van der Waals surface area contributed by atoms with Gasteiger partial charge in [0.1, 0.15) is 5.75 Å². The summed E-state index contributed by atoms with van der Waals surface area (Å²) in [6.07, 6.45) is 0. The van der Waals surface area contributed by atoms with Gasteiger partial charge in [0.15, 0.2) is 6.61 Å². The van der Waals surface area contributed by atoms with Crippen LogP contribution >= 0.6 is 0 Å². The fraction of sp³-hybridized carbons (Fsp3) is 0.417. The second-order valence-corrected chi connectivity index (χ2v) is 6.94. The summed E-state index contributed by atoms with van der Waals surface area (Å²) < 4.78 is 29.3. The fourth-order valence-electron chi connectivity index (χ4n) is 1.46. The highest BCUT2D eigenvalue weighted by atomic mass is 32.2. The summed E-state index contributed by atoms with van der Waals surface area (Å²) in [5.41, 5.74) is -0.335. The Morgan fingerprint density at radius 3 is 2.70 bits per heavy atom. The third-order valence-corrected chi connectivity index (χ3v) is 3.53. The topological polar surface area (TPSA) is 93.7 Å². The average Bonchev–Trinajstić information content (AvgIpc) is 2.35. The molecule has 0 bridgehead atoms. The normalized spacial score (nSPS) is 15.2. The van der Waals surface area contributed by atoms with E-state index in [4.69, 9.17) is 9.57 Å². The molecule has 20 heavy (non-hydrogen) atoms. The smallest absolute Gasteiger partial charge is 0.262 e. The summed E-state index contributed by atoms with van der Waals surface area (Å²) in [6, 6.07) is 4.19. The molecular formula is C12H16N2O5S. The number of carbonyl (C=O) groups is 1. The number of hydrogen-bond acceptors (Lipinski definition) is 5. The van der Waals surface area contributed by atoms with E-state index in [1.54, 1.807) is 20.8 Å². The van der Waals surface area contributed by atoms with Crippen molar-refractivity contribution in [2.24, 2.45) is 0 Å². The number of carbonyl (C=O) groups excluding carboxylic acids is 1. The molecule has 1 amide bonds. The Hall–Kier alpha value is -1.64. The van der Waals surface area contributed by atoms with Gasteiger partial charge in [-0.05, 0) is 39.0 Å². The lowest BCUT2D eigenvalue weighted by Gasteiger charge is -2.21. The van der Waals surface area contributed by atoms with Crippen LogP contribution in [0.2, 0.25) is 0 Å². The lowest BCUT2D eigenvalue weighted by molar-refractivity contribution is -0.118. The summed E-state index contributed by atoms with van der Waals surface area (Å²) in [4.78, 5) is 18.3. The molecule has 1 aromatic rings. The highest BCUT2D eigenvalue weighted by Crippen LogP contribution is 2.30. The SMILES string of the molecule is CC(C)(C)ONS(=O)(=O)c1ccc2c(c1)NC(=O)CO2. The summed E-state index contributed by atoms with van der Waals surface area (Å²) >= 11 is 0. The maximum atomic E-state index is 12.1. The van der Waals surface area contributed by atoms with Crippen molar-refractivity contribution in [3.63, 3.8) is 0 Å². The number of fused-ring (bicyclic) bond motifs is 1. The quantitative estimate of drug-likeness (QED) is 0.813. The van der Waals surface area contributed by atoms with E-state index < -0.39 is 15.6 Å². The van der Waals surface area contributed by atoms with Gasteiger partial charge in [0.25, 0.3) is 15.9 Å². The zero-order valence-electron chi connectivity index (χ0n) is 11.4. The first-order valence-electron chi connectivity index (χ1n) is 5.94. The second kappa shape index (κ2) is 5.04. The van der Waals surface area contributed by atoms with Gasteiger partial charge in [0.05, 0.1) is 16.2 Å². The predicted octanol–water partition coefficient (Wildman–Crippen LogP) is 1.03. The maximum Gasteiger partial charge on any atom is 0.262 e. The van der Waals surface area contributed by atoms with E-state index in [1.807, 2.05) is 0 Å². The number of anilines is 1. The molecule has 1 aliphatic rings. The van der Waals surface area contributed by atoms with Crippen LogP contribution in [0.25, 0.3) is 0 Å². The van der Waals surface area contributed by atoms with Gasteiger partial charge in [-0.1, -0.05) is 4.89 Å². The van der Waals surface area contributed by atoms with E-state index in [1.165, 1.54) is 18.2 Å². The van der Waals surface area contributed by atoms with Crippen molar-refractivity contribution >= 4 is 21.6 Å². The van der Waals surface area contributed by atoms with Gasteiger partial charge in [-0.3, -0.25) is 9.63 Å². The summed E-state index contributed by atoms with van der Waals surface area (Å²) in [6.45, 7) is 5.08. The number of ether oxygens (including phenoxy) is 1. The second-order valence-electron chi connectivity index (χ2n) is 5.30. The zero-order valence-corrected chi connectivity index (χ0v) is 12.2. The Morgan fingerprint density at radius 2 is 2.05 bits per heavy atom. The van der Waals surface area contributed by atoms with Crippen LogP contribution in [0.3, 0.4) is 0 Å². The molecule has 0 radical (unpaired) electrons. The minimum absolute atomic E-state index is 0.0219. The first-order valence-corrected chi connectivity index (χ1v) is 7.42. The van der Waals surface area contributed by atoms with Crippen LogP contribution < -0.4 is 14.9 Å². The molecule has 0 aromatic heterocycles. The van der Waals surface area contributed by atoms with Crippen LogP contribution in [0.15, 0.2) is 23.1 Å². The van der Waals surface area contributed by atoms with Crippen molar-refractivity contribution in [1.29, 1.82) is 0 Å². The van der Waals surface area contributed by atoms with Crippen LogP contribution in [0, 0.1) is 0 Å². The molecule has 1 aliphatic heterocycles.